The predicted octanol–water partition coefficient (Wildman–Crippen LogP) is 34.4. The maximum absolute atomic E-state index is 2.45. The van der Waals surface area contributed by atoms with Crippen molar-refractivity contribution in [1.29, 1.82) is 0 Å². The molecule has 624 valence electrons. The molecule has 0 bridgehead atoms. The number of para-hydroxylation sites is 7. The fourth-order valence-electron chi connectivity index (χ4n) is 22.4. The van der Waals surface area contributed by atoms with Crippen molar-refractivity contribution in [2.75, 3.05) is 0 Å². The number of nitrogens with zero attached hydrogens (tertiary/aromatic N) is 6. The third kappa shape index (κ3) is 11.9. The molecule has 134 heavy (non-hydrogen) atoms. The van der Waals surface area contributed by atoms with E-state index in [0.717, 1.165) is 0 Å². The summed E-state index contributed by atoms with van der Waals surface area (Å²) in [4.78, 5) is 0. The quantitative estimate of drug-likeness (QED) is 0.138. The van der Waals surface area contributed by atoms with E-state index in [0.29, 0.717) is 0 Å². The molecule has 0 aliphatic carbocycles. The summed E-state index contributed by atoms with van der Waals surface area (Å²) in [6.45, 7) is 0. The molecule has 0 saturated carbocycles. The monoisotopic (exact) mass is 1700 g/mol. The van der Waals surface area contributed by atoms with E-state index in [2.05, 4.69) is 525 Å². The second kappa shape index (κ2) is 31.0. The van der Waals surface area contributed by atoms with Gasteiger partial charge in [-0.1, -0.05) is 364 Å². The summed E-state index contributed by atoms with van der Waals surface area (Å²) in [6.07, 6.45) is 0. The largest absolute Gasteiger partial charge is 0.309 e. The van der Waals surface area contributed by atoms with Crippen molar-refractivity contribution in [2.45, 2.75) is 0 Å². The molecule has 0 saturated heterocycles. The van der Waals surface area contributed by atoms with Gasteiger partial charge in [0.1, 0.15) is 0 Å². The van der Waals surface area contributed by atoms with E-state index in [1.54, 1.807) is 0 Å². The minimum Gasteiger partial charge on any atom is -0.309 e. The molecule has 0 aliphatic heterocycles. The first-order chi connectivity index (χ1) is 66.6. The highest BCUT2D eigenvalue weighted by atomic mass is 15.0. The molecule has 0 amide bonds. The van der Waals surface area contributed by atoms with Gasteiger partial charge in [-0.2, -0.15) is 0 Å². The van der Waals surface area contributed by atoms with Crippen LogP contribution in [0, 0.1) is 0 Å². The van der Waals surface area contributed by atoms with E-state index in [4.69, 9.17) is 0 Å². The van der Waals surface area contributed by atoms with E-state index in [9.17, 15) is 0 Å². The van der Waals surface area contributed by atoms with E-state index in [1.807, 2.05) is 0 Å². The van der Waals surface area contributed by atoms with Crippen molar-refractivity contribution in [2.24, 2.45) is 0 Å². The van der Waals surface area contributed by atoms with Crippen LogP contribution < -0.4 is 0 Å². The molecule has 0 N–H and O–H groups in total. The van der Waals surface area contributed by atoms with Crippen molar-refractivity contribution >= 4 is 185 Å². The summed E-state index contributed by atoms with van der Waals surface area (Å²) in [5.41, 5.74) is 29.2. The Kier molecular flexibility index (Phi) is 17.6. The molecular formula is C128H82N6. The molecule has 6 nitrogen and oxygen atoms in total. The van der Waals surface area contributed by atoms with Crippen molar-refractivity contribution in [3.63, 3.8) is 0 Å². The SMILES string of the molecule is c1ccc(-n2c3ccccc3c3c(-c4cccc5c4c4ccccc4n5-c4ccc5ccccc5c4)cccc32)cc1.c1ccc2c(-n3c4ccccc4c4c(-c5cccc6c5c5ccccc5n6-c5cccc6ccccc56)cccc43)cccc2c1.c1ccc2cc(-n3c4ccccc4c4c(-c5cccc6c5c5ccccc5n6-c5ccc6ccccc6c5)cccc43)ccc2c1. The van der Waals surface area contributed by atoms with Crippen LogP contribution in [0.5, 0.6) is 0 Å². The van der Waals surface area contributed by atoms with Gasteiger partial charge in [-0.25, -0.2) is 0 Å². The molecule has 0 spiro atoms. The van der Waals surface area contributed by atoms with Crippen LogP contribution in [0.4, 0.5) is 0 Å². The molecule has 0 unspecified atom stereocenters. The summed E-state index contributed by atoms with van der Waals surface area (Å²) in [5, 5.41) is 27.7. The average molecular weight is 1700 g/mol. The second-order valence-electron chi connectivity index (χ2n) is 35.2. The first-order valence-electron chi connectivity index (χ1n) is 46.2. The first-order valence-corrected chi connectivity index (χ1v) is 46.2. The normalized spacial score (nSPS) is 11.9. The third-order valence-corrected chi connectivity index (χ3v) is 28.1. The van der Waals surface area contributed by atoms with Crippen molar-refractivity contribution in [3.8, 4) is 67.5 Å². The summed E-state index contributed by atoms with van der Waals surface area (Å²) in [7, 11) is 0. The number of fused-ring (bicyclic) bond motifs is 23. The van der Waals surface area contributed by atoms with Crippen LogP contribution >= 0.6 is 0 Å². The standard InChI is InChI=1S/2C44H28N2.C40H26N2/c1-3-17-31-29(13-1)15-9-25-37(31)45-39-23-7-5-19-35(39)43-33(21-11-27-41(43)45)34-22-12-28-42-44(34)36-20-6-8-24-40(36)46(42)38-26-10-16-30-14-2-4-18-32(30)38;1-3-13-31-27-33(25-23-29(31)11-1)45-39-19-7-5-15-37(39)43-35(17-9-21-41(43)45)36-18-10-22-42-44(36)38-16-6-8-20-40(38)46(42)34-26-24-30-12-2-4-14-32(30)28-34;1-2-14-29(15-3-1)41-35-20-8-6-16-33(35)39-31(18-10-22-37(39)41)32-19-11-23-38-40(32)34-17-7-9-21-36(34)42(38)30-25-24-27-12-4-5-13-28(27)26-30/h2*1-28H;1-26H. The fraction of sp³-hybridized carbons (Fsp3) is 0. The van der Waals surface area contributed by atoms with E-state index < -0.39 is 0 Å². The second-order valence-corrected chi connectivity index (χ2v) is 35.2. The van der Waals surface area contributed by atoms with E-state index in [1.165, 1.54) is 252 Å². The van der Waals surface area contributed by atoms with Crippen LogP contribution in [-0.2, 0) is 0 Å². The van der Waals surface area contributed by atoms with E-state index >= 15 is 0 Å². The van der Waals surface area contributed by atoms with Gasteiger partial charge in [-0.15, -0.1) is 0 Å². The number of hydrogen-bond donors (Lipinski definition) is 0. The maximum Gasteiger partial charge on any atom is 0.0547 e. The molecule has 29 aromatic rings. The number of hydrogen-bond acceptors (Lipinski definition) is 0. The van der Waals surface area contributed by atoms with Gasteiger partial charge in [0.15, 0.2) is 0 Å². The zero-order valence-corrected chi connectivity index (χ0v) is 73.0. The Hall–Kier alpha value is -17.8. The van der Waals surface area contributed by atoms with Crippen LogP contribution in [0.15, 0.2) is 497 Å². The van der Waals surface area contributed by atoms with Crippen molar-refractivity contribution in [3.05, 3.63) is 497 Å². The highest BCUT2D eigenvalue weighted by molar-refractivity contribution is 6.27. The molecule has 0 aliphatic rings. The Labute approximate surface area is 771 Å². The van der Waals surface area contributed by atoms with Gasteiger partial charge in [-0.05, 0) is 210 Å². The molecular weight excluding hydrogens is 1620 g/mol. The fourth-order valence-corrected chi connectivity index (χ4v) is 22.4. The molecule has 6 aromatic heterocycles. The van der Waals surface area contributed by atoms with Crippen LogP contribution in [0.1, 0.15) is 0 Å². The first kappa shape index (κ1) is 76.2. The summed E-state index contributed by atoms with van der Waals surface area (Å²) >= 11 is 0. The highest BCUT2D eigenvalue weighted by Gasteiger charge is 2.27. The van der Waals surface area contributed by atoms with Gasteiger partial charge < -0.3 is 27.4 Å². The Morgan fingerprint density at radius 3 is 0.582 bits per heavy atom. The molecule has 0 radical (unpaired) electrons. The average Bonchev–Trinajstić information content (AvgIpc) is 1.56. The lowest BCUT2D eigenvalue weighted by molar-refractivity contribution is 1.18. The number of aromatic nitrogens is 6. The van der Waals surface area contributed by atoms with Crippen LogP contribution in [-0.4, -0.2) is 27.4 Å². The Bertz CT molecular complexity index is 9470. The van der Waals surface area contributed by atoms with Crippen molar-refractivity contribution in [1.82, 2.24) is 27.4 Å². The van der Waals surface area contributed by atoms with Crippen molar-refractivity contribution < 1.29 is 0 Å². The minimum atomic E-state index is 1.17. The van der Waals surface area contributed by atoms with Crippen LogP contribution in [0.25, 0.3) is 252 Å². The summed E-state index contributed by atoms with van der Waals surface area (Å²) in [6, 6.07) is 181. The zero-order chi connectivity index (χ0) is 88.0. The lowest BCUT2D eigenvalue weighted by atomic mass is 9.95. The Balaban J connectivity index is 0.000000102. The number of rotatable bonds is 9. The van der Waals surface area contributed by atoms with Gasteiger partial charge in [0, 0.05) is 98.2 Å². The molecule has 0 atom stereocenters. The van der Waals surface area contributed by atoms with Gasteiger partial charge in [0.25, 0.3) is 0 Å². The number of benzene rings is 23. The zero-order valence-electron chi connectivity index (χ0n) is 73.0. The summed E-state index contributed by atoms with van der Waals surface area (Å²) < 4.78 is 14.6. The van der Waals surface area contributed by atoms with Gasteiger partial charge in [-0.3, -0.25) is 0 Å². The maximum atomic E-state index is 2.45. The lowest BCUT2D eigenvalue weighted by Gasteiger charge is -2.13. The molecule has 6 heteroatoms. The molecule has 29 rings (SSSR count). The topological polar surface area (TPSA) is 29.6 Å². The van der Waals surface area contributed by atoms with Gasteiger partial charge in [0.2, 0.25) is 0 Å². The molecule has 6 heterocycles. The Morgan fingerprint density at radius 2 is 0.299 bits per heavy atom. The van der Waals surface area contributed by atoms with Gasteiger partial charge >= 0.3 is 0 Å². The molecule has 0 fully saturated rings. The minimum absolute atomic E-state index is 1.17. The van der Waals surface area contributed by atoms with Crippen LogP contribution in [0.3, 0.4) is 0 Å². The highest BCUT2D eigenvalue weighted by Crippen LogP contribution is 2.50. The third-order valence-electron chi connectivity index (χ3n) is 28.1. The lowest BCUT2D eigenvalue weighted by Crippen LogP contribution is -1.95. The van der Waals surface area contributed by atoms with Gasteiger partial charge in [0.05, 0.1) is 77.6 Å². The van der Waals surface area contributed by atoms with E-state index in [-0.39, 0.29) is 0 Å². The summed E-state index contributed by atoms with van der Waals surface area (Å²) in [5.74, 6) is 0. The predicted molar refractivity (Wildman–Crippen MR) is 569 cm³/mol. The van der Waals surface area contributed by atoms with Crippen LogP contribution in [0.2, 0.25) is 0 Å². The molecule has 23 aromatic carbocycles. The smallest absolute Gasteiger partial charge is 0.0547 e. The Morgan fingerprint density at radius 1 is 0.104 bits per heavy atom.